The first kappa shape index (κ1) is 10.7. The molecule has 5 nitrogen and oxygen atoms in total. The van der Waals surface area contributed by atoms with E-state index in [1.165, 1.54) is 6.07 Å². The van der Waals surface area contributed by atoms with Gasteiger partial charge in [0.1, 0.15) is 6.20 Å². The van der Waals surface area contributed by atoms with Crippen LogP contribution in [0.15, 0.2) is 28.9 Å². The van der Waals surface area contributed by atoms with E-state index >= 15 is 0 Å². The predicted molar refractivity (Wildman–Crippen MR) is 61.5 cm³/mol. The van der Waals surface area contributed by atoms with Crippen molar-refractivity contribution in [3.8, 4) is 0 Å². The summed E-state index contributed by atoms with van der Waals surface area (Å²) in [6.07, 6.45) is 1.81. The average Bonchev–Trinajstić information content (AvgIpc) is 2.26. The fraction of sp³-hybridized carbons (Fsp3) is 0. The molecule has 6 heteroatoms. The summed E-state index contributed by atoms with van der Waals surface area (Å²) in [6, 6.07) is 4.69. The van der Waals surface area contributed by atoms with Crippen molar-refractivity contribution in [1.29, 1.82) is 0 Å². The van der Waals surface area contributed by atoms with Gasteiger partial charge in [0.05, 0.1) is 10.4 Å². The first-order chi connectivity index (χ1) is 7.61. The van der Waals surface area contributed by atoms with Gasteiger partial charge in [-0.3, -0.25) is 14.9 Å². The van der Waals surface area contributed by atoms with Crippen molar-refractivity contribution in [2.75, 3.05) is 0 Å². The van der Waals surface area contributed by atoms with Gasteiger partial charge in [0.2, 0.25) is 0 Å². The number of pyridine rings is 1. The Labute approximate surface area is 98.4 Å². The van der Waals surface area contributed by atoms with E-state index in [2.05, 4.69) is 20.9 Å². The molecule has 0 saturated heterocycles. The van der Waals surface area contributed by atoms with E-state index in [0.29, 0.717) is 27.2 Å². The number of nitro groups is 1. The van der Waals surface area contributed by atoms with Gasteiger partial charge >= 0.3 is 0 Å². The molecule has 0 aliphatic rings. The topological polar surface area (TPSA) is 73.1 Å². The zero-order valence-electron chi connectivity index (χ0n) is 7.88. The minimum atomic E-state index is -0.520. The van der Waals surface area contributed by atoms with Gasteiger partial charge in [0.15, 0.2) is 6.29 Å². The Hall–Kier alpha value is -1.82. The molecule has 1 heterocycles. The first-order valence-corrected chi connectivity index (χ1v) is 5.10. The van der Waals surface area contributed by atoms with Gasteiger partial charge in [0.25, 0.3) is 5.69 Å². The highest BCUT2D eigenvalue weighted by Gasteiger charge is 2.10. The lowest BCUT2D eigenvalue weighted by Gasteiger charge is -2.01. The molecule has 0 fully saturated rings. The van der Waals surface area contributed by atoms with E-state index in [0.717, 1.165) is 6.20 Å². The molecule has 1 aromatic carbocycles. The highest BCUT2D eigenvalue weighted by Crippen LogP contribution is 2.24. The normalized spacial score (nSPS) is 10.3. The Kier molecular flexibility index (Phi) is 2.66. The molecule has 2 aromatic rings. The third-order valence-electron chi connectivity index (χ3n) is 2.10. The number of nitrogens with zero attached hydrogens (tertiary/aromatic N) is 2. The molecule has 0 unspecified atom stereocenters. The summed E-state index contributed by atoms with van der Waals surface area (Å²) < 4.78 is 0.685. The maximum absolute atomic E-state index is 10.8. The standard InChI is InChI=1S/C10H5BrN2O3/c11-8-1-6-3-9(13(15)16)4-12-10(6)7(2-8)5-14/h1-5H. The third-order valence-corrected chi connectivity index (χ3v) is 2.56. The van der Waals surface area contributed by atoms with Gasteiger partial charge in [-0.25, -0.2) is 4.98 Å². The number of hydrogen-bond donors (Lipinski definition) is 0. The maximum Gasteiger partial charge on any atom is 0.288 e. The van der Waals surface area contributed by atoms with Crippen LogP contribution in [0.2, 0.25) is 0 Å². The zero-order chi connectivity index (χ0) is 11.7. The van der Waals surface area contributed by atoms with Crippen LogP contribution < -0.4 is 0 Å². The van der Waals surface area contributed by atoms with Crippen LogP contribution >= 0.6 is 15.9 Å². The van der Waals surface area contributed by atoms with Gasteiger partial charge in [-0.2, -0.15) is 0 Å². The number of carbonyl (C=O) groups is 1. The number of hydrogen-bond acceptors (Lipinski definition) is 4. The van der Waals surface area contributed by atoms with Crippen LogP contribution in [0.4, 0.5) is 5.69 Å². The highest BCUT2D eigenvalue weighted by molar-refractivity contribution is 9.10. The minimum absolute atomic E-state index is 0.0950. The fourth-order valence-electron chi connectivity index (χ4n) is 1.42. The van der Waals surface area contributed by atoms with Gasteiger partial charge in [-0.1, -0.05) is 15.9 Å². The van der Waals surface area contributed by atoms with Crippen LogP contribution in [-0.2, 0) is 0 Å². The molecule has 0 spiro atoms. The number of carbonyl (C=O) groups excluding carboxylic acids is 1. The van der Waals surface area contributed by atoms with Crippen molar-refractivity contribution in [3.63, 3.8) is 0 Å². The molecule has 80 valence electrons. The molecule has 0 saturated carbocycles. The van der Waals surface area contributed by atoms with Crippen molar-refractivity contribution in [2.45, 2.75) is 0 Å². The molecular formula is C10H5BrN2O3. The molecule has 0 aliphatic carbocycles. The molecule has 2 rings (SSSR count). The van der Waals surface area contributed by atoms with Gasteiger partial charge in [-0.15, -0.1) is 0 Å². The Morgan fingerprint density at radius 2 is 2.12 bits per heavy atom. The molecule has 1 aromatic heterocycles. The Morgan fingerprint density at radius 3 is 2.75 bits per heavy atom. The fourth-order valence-corrected chi connectivity index (χ4v) is 1.91. The van der Waals surface area contributed by atoms with E-state index in [-0.39, 0.29) is 5.69 Å². The van der Waals surface area contributed by atoms with Crippen LogP contribution in [0.5, 0.6) is 0 Å². The molecule has 0 radical (unpaired) electrons. The number of rotatable bonds is 2. The molecule has 0 N–H and O–H groups in total. The zero-order valence-corrected chi connectivity index (χ0v) is 9.47. The molecule has 0 atom stereocenters. The number of aromatic nitrogens is 1. The second-order valence-corrected chi connectivity index (χ2v) is 4.05. The van der Waals surface area contributed by atoms with E-state index in [1.807, 2.05) is 0 Å². The lowest BCUT2D eigenvalue weighted by Crippen LogP contribution is -1.92. The highest BCUT2D eigenvalue weighted by atomic mass is 79.9. The van der Waals surface area contributed by atoms with Crippen LogP contribution in [0.25, 0.3) is 10.9 Å². The summed E-state index contributed by atoms with van der Waals surface area (Å²) >= 11 is 3.23. The number of halogens is 1. The van der Waals surface area contributed by atoms with Crippen molar-refractivity contribution < 1.29 is 9.72 Å². The second-order valence-electron chi connectivity index (χ2n) is 3.14. The van der Waals surface area contributed by atoms with Gasteiger partial charge in [0, 0.05) is 21.5 Å². The molecule has 16 heavy (non-hydrogen) atoms. The number of fused-ring (bicyclic) bond motifs is 1. The van der Waals surface area contributed by atoms with Gasteiger partial charge < -0.3 is 0 Å². The maximum atomic E-state index is 10.8. The molecular weight excluding hydrogens is 276 g/mol. The Balaban J connectivity index is 2.79. The monoisotopic (exact) mass is 280 g/mol. The van der Waals surface area contributed by atoms with Crippen LogP contribution in [0.1, 0.15) is 10.4 Å². The van der Waals surface area contributed by atoms with E-state index in [9.17, 15) is 14.9 Å². The smallest absolute Gasteiger partial charge is 0.288 e. The summed E-state index contributed by atoms with van der Waals surface area (Å²) in [4.78, 5) is 24.8. The third kappa shape index (κ3) is 1.79. The van der Waals surface area contributed by atoms with Crippen molar-refractivity contribution in [2.24, 2.45) is 0 Å². The number of aldehydes is 1. The first-order valence-electron chi connectivity index (χ1n) is 4.30. The molecule has 0 aliphatic heterocycles. The number of benzene rings is 1. The van der Waals surface area contributed by atoms with Crippen LogP contribution in [0, 0.1) is 10.1 Å². The van der Waals surface area contributed by atoms with E-state index in [4.69, 9.17) is 0 Å². The van der Waals surface area contributed by atoms with Gasteiger partial charge in [-0.05, 0) is 12.1 Å². The minimum Gasteiger partial charge on any atom is -0.298 e. The Morgan fingerprint density at radius 1 is 1.38 bits per heavy atom. The summed E-state index contributed by atoms with van der Waals surface area (Å²) in [5.74, 6) is 0. The summed E-state index contributed by atoms with van der Waals surface area (Å²) in [5.41, 5.74) is 0.769. The van der Waals surface area contributed by atoms with Crippen molar-refractivity contribution >= 4 is 38.8 Å². The lowest BCUT2D eigenvalue weighted by atomic mass is 10.1. The van der Waals surface area contributed by atoms with Crippen LogP contribution in [-0.4, -0.2) is 16.2 Å². The SMILES string of the molecule is O=Cc1cc(Br)cc2cc([N+](=O)[O-])cnc12. The summed E-state index contributed by atoms with van der Waals surface area (Å²) in [5, 5.41) is 11.1. The van der Waals surface area contributed by atoms with E-state index < -0.39 is 4.92 Å². The largest absolute Gasteiger partial charge is 0.298 e. The van der Waals surface area contributed by atoms with Crippen molar-refractivity contribution in [3.05, 3.63) is 44.5 Å². The van der Waals surface area contributed by atoms with Crippen LogP contribution in [0.3, 0.4) is 0 Å². The summed E-state index contributed by atoms with van der Waals surface area (Å²) in [7, 11) is 0. The molecule has 0 bridgehead atoms. The lowest BCUT2D eigenvalue weighted by molar-refractivity contribution is -0.385. The van der Waals surface area contributed by atoms with E-state index in [1.54, 1.807) is 12.1 Å². The predicted octanol–water partition coefficient (Wildman–Crippen LogP) is 2.72. The second kappa shape index (κ2) is 3.97. The quantitative estimate of drug-likeness (QED) is 0.482. The summed E-state index contributed by atoms with van der Waals surface area (Å²) in [6.45, 7) is 0. The molecule has 0 amide bonds. The Bertz CT molecular complexity index is 598. The van der Waals surface area contributed by atoms with Crippen molar-refractivity contribution in [1.82, 2.24) is 4.98 Å². The average molecular weight is 281 g/mol.